The zero-order valence-electron chi connectivity index (χ0n) is 7.88. The number of Topliss-reactive ketones (excluding diaryl/α,β-unsaturated/α-hetero) is 1. The third-order valence-electron chi connectivity index (χ3n) is 2.42. The summed E-state index contributed by atoms with van der Waals surface area (Å²) < 4.78 is 5.32. The molecule has 0 aliphatic carbocycles. The lowest BCUT2D eigenvalue weighted by molar-refractivity contribution is -0.118. The molecule has 1 N–H and O–H groups in total. The van der Waals surface area contributed by atoms with Crippen LogP contribution in [0.2, 0.25) is 0 Å². The number of piperidine rings is 1. The number of halogens is 1. The van der Waals surface area contributed by atoms with Gasteiger partial charge in [0.05, 0.1) is 11.4 Å². The predicted molar refractivity (Wildman–Crippen MR) is 55.2 cm³/mol. The Morgan fingerprint density at radius 2 is 2.46 bits per heavy atom. The van der Waals surface area contributed by atoms with Crippen molar-refractivity contribution in [3.8, 4) is 0 Å². The fraction of sp³-hybridized carbons (Fsp3) is 0.889. The van der Waals surface area contributed by atoms with Crippen molar-refractivity contribution >= 4 is 21.7 Å². The number of alkyl halides is 1. The van der Waals surface area contributed by atoms with E-state index in [9.17, 15) is 4.79 Å². The lowest BCUT2D eigenvalue weighted by atomic mass is 9.97. The van der Waals surface area contributed by atoms with E-state index < -0.39 is 0 Å². The molecule has 3 nitrogen and oxygen atoms in total. The highest BCUT2D eigenvalue weighted by atomic mass is 79.9. The summed E-state index contributed by atoms with van der Waals surface area (Å²) in [6, 6.07) is 0.212. The summed E-state index contributed by atoms with van der Waals surface area (Å²) in [5, 5.41) is 3.76. The fourth-order valence-electron chi connectivity index (χ4n) is 1.71. The van der Waals surface area contributed by atoms with Crippen LogP contribution in [0.15, 0.2) is 0 Å². The van der Waals surface area contributed by atoms with E-state index in [1.54, 1.807) is 7.11 Å². The lowest BCUT2D eigenvalue weighted by Gasteiger charge is -2.30. The zero-order chi connectivity index (χ0) is 9.68. The lowest BCUT2D eigenvalue weighted by Crippen LogP contribution is -2.46. The minimum atomic E-state index is 0.205. The topological polar surface area (TPSA) is 38.3 Å². The number of carbonyl (C=O) groups excluding carboxylic acids is 1. The number of methoxy groups -OCH3 is 1. The molecule has 1 heterocycles. The van der Waals surface area contributed by atoms with Crippen molar-refractivity contribution in [1.82, 2.24) is 5.32 Å². The Balaban J connectivity index is 2.40. The Morgan fingerprint density at radius 1 is 1.69 bits per heavy atom. The molecule has 0 unspecified atom stereocenters. The van der Waals surface area contributed by atoms with Gasteiger partial charge in [0.15, 0.2) is 0 Å². The molecule has 1 saturated heterocycles. The predicted octanol–water partition coefficient (Wildman–Crippen LogP) is 1.11. The monoisotopic (exact) mass is 249 g/mol. The second kappa shape index (κ2) is 5.73. The van der Waals surface area contributed by atoms with Crippen molar-refractivity contribution in [2.45, 2.75) is 31.4 Å². The van der Waals surface area contributed by atoms with E-state index in [0.29, 0.717) is 11.8 Å². The molecule has 0 saturated carbocycles. The molecule has 76 valence electrons. The molecule has 0 aromatic heterocycles. The third-order valence-corrected chi connectivity index (χ3v) is 3.05. The summed E-state index contributed by atoms with van der Waals surface area (Å²) in [7, 11) is 1.71. The van der Waals surface area contributed by atoms with E-state index in [4.69, 9.17) is 4.74 Å². The fourth-order valence-corrected chi connectivity index (χ4v) is 1.94. The standard InChI is InChI=1S/C9H16BrNO2/c1-13-9-3-2-4-11-8(9)5-7(12)6-10/h8-9,11H,2-6H2,1H3/t8-,9-/m1/s1. The first-order chi connectivity index (χ1) is 6.27. The minimum absolute atomic E-state index is 0.205. The molecule has 1 aliphatic heterocycles. The van der Waals surface area contributed by atoms with Crippen LogP contribution in [0.3, 0.4) is 0 Å². The molecule has 0 radical (unpaired) electrons. The SMILES string of the molecule is CO[C@@H]1CCCN[C@@H]1CC(=O)CBr. The van der Waals surface area contributed by atoms with Gasteiger partial charge < -0.3 is 10.1 Å². The van der Waals surface area contributed by atoms with Gasteiger partial charge in [-0.3, -0.25) is 4.79 Å². The van der Waals surface area contributed by atoms with Gasteiger partial charge in [-0.1, -0.05) is 15.9 Å². The molecule has 1 rings (SSSR count). The second-order valence-corrected chi connectivity index (χ2v) is 3.91. The highest BCUT2D eigenvalue weighted by Gasteiger charge is 2.25. The summed E-state index contributed by atoms with van der Waals surface area (Å²) in [4.78, 5) is 11.2. The summed E-state index contributed by atoms with van der Waals surface area (Å²) >= 11 is 3.17. The van der Waals surface area contributed by atoms with Crippen LogP contribution < -0.4 is 5.32 Å². The molecule has 0 aromatic rings. The Hall–Kier alpha value is 0.0700. The Kier molecular flexibility index (Phi) is 4.91. The van der Waals surface area contributed by atoms with Gasteiger partial charge in [0.25, 0.3) is 0 Å². The van der Waals surface area contributed by atoms with E-state index in [-0.39, 0.29) is 17.9 Å². The first-order valence-corrected chi connectivity index (χ1v) is 5.74. The van der Waals surface area contributed by atoms with Crippen molar-refractivity contribution in [2.75, 3.05) is 19.0 Å². The Bertz CT molecular complexity index is 175. The molecule has 13 heavy (non-hydrogen) atoms. The summed E-state index contributed by atoms with van der Waals surface area (Å²) in [6.07, 6.45) is 2.97. The normalized spacial score (nSPS) is 28.8. The number of nitrogens with one attached hydrogen (secondary N) is 1. The maximum atomic E-state index is 11.2. The van der Waals surface area contributed by atoms with Gasteiger partial charge in [-0.05, 0) is 19.4 Å². The van der Waals surface area contributed by atoms with Crippen molar-refractivity contribution in [3.63, 3.8) is 0 Å². The van der Waals surface area contributed by atoms with E-state index in [1.165, 1.54) is 0 Å². The van der Waals surface area contributed by atoms with Crippen LogP contribution >= 0.6 is 15.9 Å². The van der Waals surface area contributed by atoms with Gasteiger partial charge >= 0.3 is 0 Å². The molecule has 0 aromatic carbocycles. The first-order valence-electron chi connectivity index (χ1n) is 4.61. The smallest absolute Gasteiger partial charge is 0.145 e. The summed E-state index contributed by atoms with van der Waals surface area (Å²) in [5.41, 5.74) is 0. The molecule has 1 aliphatic rings. The summed E-state index contributed by atoms with van der Waals surface area (Å²) in [5.74, 6) is 0.237. The number of rotatable bonds is 4. The number of hydrogen-bond donors (Lipinski definition) is 1. The van der Waals surface area contributed by atoms with E-state index >= 15 is 0 Å². The number of carbonyl (C=O) groups is 1. The number of ether oxygens (including phenoxy) is 1. The maximum absolute atomic E-state index is 11.2. The highest BCUT2D eigenvalue weighted by molar-refractivity contribution is 9.09. The van der Waals surface area contributed by atoms with Gasteiger partial charge in [-0.2, -0.15) is 0 Å². The summed E-state index contributed by atoms with van der Waals surface area (Å²) in [6.45, 7) is 1.00. The number of hydrogen-bond acceptors (Lipinski definition) is 3. The van der Waals surface area contributed by atoms with Gasteiger partial charge in [-0.25, -0.2) is 0 Å². The Labute approximate surface area is 87.3 Å². The average Bonchev–Trinajstić information content (AvgIpc) is 2.18. The van der Waals surface area contributed by atoms with E-state index in [0.717, 1.165) is 19.4 Å². The zero-order valence-corrected chi connectivity index (χ0v) is 9.47. The average molecular weight is 250 g/mol. The molecule has 4 heteroatoms. The van der Waals surface area contributed by atoms with E-state index in [2.05, 4.69) is 21.2 Å². The van der Waals surface area contributed by atoms with E-state index in [1.807, 2.05) is 0 Å². The van der Waals surface area contributed by atoms with Crippen molar-refractivity contribution in [1.29, 1.82) is 0 Å². The number of ketones is 1. The molecule has 2 atom stereocenters. The van der Waals surface area contributed by atoms with Crippen molar-refractivity contribution < 1.29 is 9.53 Å². The van der Waals surface area contributed by atoms with Crippen molar-refractivity contribution in [2.24, 2.45) is 0 Å². The van der Waals surface area contributed by atoms with Gasteiger partial charge in [-0.15, -0.1) is 0 Å². The first kappa shape index (κ1) is 11.1. The third kappa shape index (κ3) is 3.37. The van der Waals surface area contributed by atoms with Crippen LogP contribution in [0.1, 0.15) is 19.3 Å². The van der Waals surface area contributed by atoms with Crippen LogP contribution in [-0.4, -0.2) is 36.9 Å². The van der Waals surface area contributed by atoms with Crippen molar-refractivity contribution in [3.05, 3.63) is 0 Å². The Morgan fingerprint density at radius 3 is 3.08 bits per heavy atom. The van der Waals surface area contributed by atoms with Gasteiger partial charge in [0, 0.05) is 19.6 Å². The van der Waals surface area contributed by atoms with Crippen LogP contribution in [0.25, 0.3) is 0 Å². The largest absolute Gasteiger partial charge is 0.380 e. The molecular weight excluding hydrogens is 234 g/mol. The molecule has 0 spiro atoms. The van der Waals surface area contributed by atoms with Crippen LogP contribution in [0.5, 0.6) is 0 Å². The quantitative estimate of drug-likeness (QED) is 0.759. The second-order valence-electron chi connectivity index (χ2n) is 3.35. The van der Waals surface area contributed by atoms with Gasteiger partial charge in [0.1, 0.15) is 5.78 Å². The van der Waals surface area contributed by atoms with Gasteiger partial charge in [0.2, 0.25) is 0 Å². The molecular formula is C9H16BrNO2. The van der Waals surface area contributed by atoms with Crippen LogP contribution in [0, 0.1) is 0 Å². The highest BCUT2D eigenvalue weighted by Crippen LogP contribution is 2.14. The molecule has 0 bridgehead atoms. The van der Waals surface area contributed by atoms with Crippen LogP contribution in [-0.2, 0) is 9.53 Å². The minimum Gasteiger partial charge on any atom is -0.380 e. The molecule has 1 fully saturated rings. The van der Waals surface area contributed by atoms with Crippen LogP contribution in [0.4, 0.5) is 0 Å². The molecule has 0 amide bonds. The maximum Gasteiger partial charge on any atom is 0.145 e.